The van der Waals surface area contributed by atoms with Crippen molar-refractivity contribution in [2.75, 3.05) is 7.11 Å². The van der Waals surface area contributed by atoms with E-state index in [1.807, 2.05) is 41.9 Å². The first-order valence-corrected chi connectivity index (χ1v) is 8.88. The lowest BCUT2D eigenvalue weighted by atomic mass is 10.1. The number of methoxy groups -OCH3 is 1. The van der Waals surface area contributed by atoms with Gasteiger partial charge in [-0.3, -0.25) is 9.48 Å². The van der Waals surface area contributed by atoms with E-state index in [-0.39, 0.29) is 12.4 Å². The fourth-order valence-electron chi connectivity index (χ4n) is 2.71. The van der Waals surface area contributed by atoms with Crippen molar-refractivity contribution in [2.24, 2.45) is 0 Å². The third kappa shape index (κ3) is 4.09. The van der Waals surface area contributed by atoms with Gasteiger partial charge in [0.25, 0.3) is 0 Å². The molecule has 0 aliphatic rings. The largest absolute Gasteiger partial charge is 0.469 e. The molecule has 0 saturated heterocycles. The standard InChI is InChI=1S/C20H18Cl2N2O2/c1-13-6-9-16-18(4-3-5-20(25)26-2)23-24(19(16)10-13)12-14-7-8-15(21)11-17(14)22/h3-4,6-11H,5,12H2,1-2H3/b4-3+. The average molecular weight is 389 g/mol. The fraction of sp³-hybridized carbons (Fsp3) is 0.200. The number of ether oxygens (including phenoxy) is 1. The van der Waals surface area contributed by atoms with Gasteiger partial charge in [-0.05, 0) is 42.3 Å². The van der Waals surface area contributed by atoms with E-state index in [0.717, 1.165) is 27.7 Å². The summed E-state index contributed by atoms with van der Waals surface area (Å²) in [6, 6.07) is 11.6. The quantitative estimate of drug-likeness (QED) is 0.558. The maximum atomic E-state index is 11.3. The molecule has 3 rings (SSSR count). The van der Waals surface area contributed by atoms with Gasteiger partial charge in [0, 0.05) is 15.4 Å². The Kier molecular flexibility index (Phi) is 5.64. The SMILES string of the molecule is COC(=O)C/C=C/c1nn(Cc2ccc(Cl)cc2Cl)c2cc(C)ccc12. The number of hydrogen-bond donors (Lipinski definition) is 0. The van der Waals surface area contributed by atoms with Crippen molar-refractivity contribution < 1.29 is 9.53 Å². The molecule has 0 aliphatic heterocycles. The lowest BCUT2D eigenvalue weighted by Gasteiger charge is -2.07. The minimum Gasteiger partial charge on any atom is -0.469 e. The fourth-order valence-corrected chi connectivity index (χ4v) is 3.18. The Morgan fingerprint density at radius 3 is 2.77 bits per heavy atom. The monoisotopic (exact) mass is 388 g/mol. The molecular weight excluding hydrogens is 371 g/mol. The number of halogens is 2. The van der Waals surface area contributed by atoms with Crippen molar-refractivity contribution in [3.8, 4) is 0 Å². The molecule has 0 fully saturated rings. The Hall–Kier alpha value is -2.30. The minimum absolute atomic E-state index is 0.208. The van der Waals surface area contributed by atoms with E-state index in [4.69, 9.17) is 28.3 Å². The van der Waals surface area contributed by atoms with Crippen LogP contribution in [-0.4, -0.2) is 22.9 Å². The van der Waals surface area contributed by atoms with Crippen LogP contribution >= 0.6 is 23.2 Å². The summed E-state index contributed by atoms with van der Waals surface area (Å²) in [6.45, 7) is 2.57. The first-order chi connectivity index (χ1) is 12.5. The molecule has 26 heavy (non-hydrogen) atoms. The summed E-state index contributed by atoms with van der Waals surface area (Å²) in [5.74, 6) is -0.284. The number of carbonyl (C=O) groups is 1. The number of nitrogens with zero attached hydrogens (tertiary/aromatic N) is 2. The van der Waals surface area contributed by atoms with Crippen LogP contribution in [0.1, 0.15) is 23.2 Å². The van der Waals surface area contributed by atoms with Crippen molar-refractivity contribution >= 4 is 46.2 Å². The van der Waals surface area contributed by atoms with E-state index in [1.165, 1.54) is 7.11 Å². The van der Waals surface area contributed by atoms with Crippen LogP contribution in [0.4, 0.5) is 0 Å². The number of carbonyl (C=O) groups excluding carboxylic acids is 1. The number of benzene rings is 2. The normalized spacial score (nSPS) is 11.4. The van der Waals surface area contributed by atoms with E-state index in [2.05, 4.69) is 10.8 Å². The molecule has 3 aromatic rings. The summed E-state index contributed by atoms with van der Waals surface area (Å²) < 4.78 is 6.57. The summed E-state index contributed by atoms with van der Waals surface area (Å²) in [7, 11) is 1.37. The second kappa shape index (κ2) is 7.94. The molecule has 1 heterocycles. The lowest BCUT2D eigenvalue weighted by molar-refractivity contribution is -0.139. The number of aromatic nitrogens is 2. The number of fused-ring (bicyclic) bond motifs is 1. The van der Waals surface area contributed by atoms with Crippen LogP contribution in [0.2, 0.25) is 10.0 Å². The maximum absolute atomic E-state index is 11.3. The van der Waals surface area contributed by atoms with Crippen LogP contribution in [0.15, 0.2) is 42.5 Å². The third-order valence-electron chi connectivity index (χ3n) is 4.06. The highest BCUT2D eigenvalue weighted by Gasteiger charge is 2.11. The highest BCUT2D eigenvalue weighted by Crippen LogP contribution is 2.26. The van der Waals surface area contributed by atoms with E-state index >= 15 is 0 Å². The topological polar surface area (TPSA) is 44.1 Å². The first-order valence-electron chi connectivity index (χ1n) is 8.12. The van der Waals surface area contributed by atoms with Crippen molar-refractivity contribution in [3.63, 3.8) is 0 Å². The zero-order valence-corrected chi connectivity index (χ0v) is 16.0. The van der Waals surface area contributed by atoms with Gasteiger partial charge in [-0.2, -0.15) is 5.10 Å². The molecule has 0 bridgehead atoms. The van der Waals surface area contributed by atoms with Crippen molar-refractivity contribution in [1.82, 2.24) is 9.78 Å². The van der Waals surface area contributed by atoms with Gasteiger partial charge in [-0.15, -0.1) is 0 Å². The van der Waals surface area contributed by atoms with Gasteiger partial charge in [0.05, 0.1) is 31.3 Å². The van der Waals surface area contributed by atoms with Gasteiger partial charge in [0.1, 0.15) is 0 Å². The zero-order chi connectivity index (χ0) is 18.7. The molecule has 0 atom stereocenters. The summed E-state index contributed by atoms with van der Waals surface area (Å²) in [5.41, 5.74) is 3.89. The molecule has 1 aromatic heterocycles. The molecule has 0 amide bonds. The van der Waals surface area contributed by atoms with Gasteiger partial charge in [-0.1, -0.05) is 47.5 Å². The van der Waals surface area contributed by atoms with Crippen LogP contribution in [0.5, 0.6) is 0 Å². The molecule has 0 unspecified atom stereocenters. The third-order valence-corrected chi connectivity index (χ3v) is 4.65. The van der Waals surface area contributed by atoms with Crippen LogP contribution in [0.3, 0.4) is 0 Å². The van der Waals surface area contributed by atoms with Crippen molar-refractivity contribution in [2.45, 2.75) is 19.9 Å². The van der Waals surface area contributed by atoms with Gasteiger partial charge in [0.2, 0.25) is 0 Å². The highest BCUT2D eigenvalue weighted by atomic mass is 35.5. The minimum atomic E-state index is -0.284. The summed E-state index contributed by atoms with van der Waals surface area (Å²) in [4.78, 5) is 11.3. The predicted molar refractivity (Wildman–Crippen MR) is 106 cm³/mol. The van der Waals surface area contributed by atoms with Crippen LogP contribution in [0, 0.1) is 6.92 Å². The summed E-state index contributed by atoms with van der Waals surface area (Å²) in [6.07, 6.45) is 3.81. The molecule has 0 spiro atoms. The number of aryl methyl sites for hydroxylation is 1. The van der Waals surface area contributed by atoms with E-state index in [1.54, 1.807) is 12.1 Å². The van der Waals surface area contributed by atoms with Gasteiger partial charge < -0.3 is 4.74 Å². The number of esters is 1. The van der Waals surface area contributed by atoms with Gasteiger partial charge in [0.15, 0.2) is 0 Å². The van der Waals surface area contributed by atoms with Gasteiger partial charge in [-0.25, -0.2) is 0 Å². The lowest BCUT2D eigenvalue weighted by Crippen LogP contribution is -2.02. The molecule has 0 saturated carbocycles. The molecule has 0 aliphatic carbocycles. The van der Waals surface area contributed by atoms with Crippen molar-refractivity contribution in [3.05, 3.63) is 69.3 Å². The first kappa shape index (κ1) is 18.5. The zero-order valence-electron chi connectivity index (χ0n) is 14.5. The Morgan fingerprint density at radius 2 is 2.04 bits per heavy atom. The van der Waals surface area contributed by atoms with Crippen LogP contribution in [-0.2, 0) is 16.1 Å². The van der Waals surface area contributed by atoms with E-state index in [0.29, 0.717) is 16.6 Å². The predicted octanol–water partition coefficient (Wildman–Crippen LogP) is 5.28. The molecular formula is C20H18Cl2N2O2. The molecule has 0 radical (unpaired) electrons. The Bertz CT molecular complexity index is 993. The van der Waals surface area contributed by atoms with Crippen LogP contribution < -0.4 is 0 Å². The van der Waals surface area contributed by atoms with Gasteiger partial charge >= 0.3 is 5.97 Å². The molecule has 134 valence electrons. The Balaban J connectivity index is 1.99. The molecule has 6 heteroatoms. The smallest absolute Gasteiger partial charge is 0.309 e. The number of rotatable bonds is 5. The van der Waals surface area contributed by atoms with E-state index < -0.39 is 0 Å². The molecule has 2 aromatic carbocycles. The Labute approximate surface area is 162 Å². The number of hydrogen-bond acceptors (Lipinski definition) is 3. The summed E-state index contributed by atoms with van der Waals surface area (Å²) in [5, 5.41) is 6.92. The highest BCUT2D eigenvalue weighted by molar-refractivity contribution is 6.35. The second-order valence-electron chi connectivity index (χ2n) is 5.98. The van der Waals surface area contributed by atoms with Crippen molar-refractivity contribution in [1.29, 1.82) is 0 Å². The Morgan fingerprint density at radius 1 is 1.23 bits per heavy atom. The molecule has 4 nitrogen and oxygen atoms in total. The second-order valence-corrected chi connectivity index (χ2v) is 6.83. The van der Waals surface area contributed by atoms with E-state index in [9.17, 15) is 4.79 Å². The maximum Gasteiger partial charge on any atom is 0.309 e. The average Bonchev–Trinajstić information content (AvgIpc) is 2.94. The summed E-state index contributed by atoms with van der Waals surface area (Å²) >= 11 is 12.3. The van der Waals surface area contributed by atoms with Crippen LogP contribution in [0.25, 0.3) is 17.0 Å². The molecule has 0 N–H and O–H groups in total.